The van der Waals surface area contributed by atoms with E-state index in [2.05, 4.69) is 144 Å². The van der Waals surface area contributed by atoms with E-state index in [1.54, 1.807) is 0 Å². The second-order valence-electron chi connectivity index (χ2n) is 10.9. The third-order valence-electron chi connectivity index (χ3n) is 8.59. The smallest absolute Gasteiger partial charge is 0.135 e. The van der Waals surface area contributed by atoms with Crippen molar-refractivity contribution in [1.82, 2.24) is 0 Å². The highest BCUT2D eigenvalue weighted by molar-refractivity contribution is 6.19. The van der Waals surface area contributed by atoms with Gasteiger partial charge in [0.2, 0.25) is 0 Å². The SMILES string of the molecule is c1ccc2c(c1)cc(N(c1ccc3oc4ccccc4c3c1)c1cc3ccccc3c3ccccc13)c1ccccc12. The van der Waals surface area contributed by atoms with Crippen LogP contribution in [-0.4, -0.2) is 0 Å². The summed E-state index contributed by atoms with van der Waals surface area (Å²) < 4.78 is 6.24. The van der Waals surface area contributed by atoms with E-state index >= 15 is 0 Å². The average Bonchev–Trinajstić information content (AvgIpc) is 3.43. The lowest BCUT2D eigenvalue weighted by molar-refractivity contribution is 0.669. The summed E-state index contributed by atoms with van der Waals surface area (Å²) in [5.74, 6) is 0. The van der Waals surface area contributed by atoms with Crippen LogP contribution in [0.2, 0.25) is 0 Å². The average molecular weight is 536 g/mol. The summed E-state index contributed by atoms with van der Waals surface area (Å²) in [6, 6.07) is 54.5. The summed E-state index contributed by atoms with van der Waals surface area (Å²) in [7, 11) is 0. The van der Waals surface area contributed by atoms with Crippen LogP contribution in [0.1, 0.15) is 0 Å². The molecule has 0 saturated carbocycles. The monoisotopic (exact) mass is 535 g/mol. The molecule has 0 unspecified atom stereocenters. The lowest BCUT2D eigenvalue weighted by Gasteiger charge is -2.29. The van der Waals surface area contributed by atoms with Gasteiger partial charge in [-0.3, -0.25) is 0 Å². The molecule has 0 aliphatic heterocycles. The van der Waals surface area contributed by atoms with E-state index in [1.807, 2.05) is 12.1 Å². The lowest BCUT2D eigenvalue weighted by Crippen LogP contribution is -2.11. The van der Waals surface area contributed by atoms with Crippen LogP contribution in [0.25, 0.3) is 65.0 Å². The van der Waals surface area contributed by atoms with Crippen molar-refractivity contribution in [3.05, 3.63) is 152 Å². The van der Waals surface area contributed by atoms with Crippen LogP contribution < -0.4 is 4.90 Å². The fraction of sp³-hybridized carbons (Fsp3) is 0. The molecular weight excluding hydrogens is 510 g/mol. The number of fused-ring (bicyclic) bond motifs is 9. The van der Waals surface area contributed by atoms with Crippen molar-refractivity contribution in [3.63, 3.8) is 0 Å². The van der Waals surface area contributed by atoms with Gasteiger partial charge in [-0.15, -0.1) is 0 Å². The fourth-order valence-electron chi connectivity index (χ4n) is 6.70. The molecule has 0 saturated heterocycles. The first kappa shape index (κ1) is 23.1. The van der Waals surface area contributed by atoms with Crippen LogP contribution in [0.15, 0.2) is 156 Å². The topological polar surface area (TPSA) is 16.4 Å². The molecule has 0 atom stereocenters. The number of hydrogen-bond acceptors (Lipinski definition) is 2. The van der Waals surface area contributed by atoms with Gasteiger partial charge in [-0.1, -0.05) is 115 Å². The Morgan fingerprint density at radius 1 is 0.333 bits per heavy atom. The maximum Gasteiger partial charge on any atom is 0.135 e. The van der Waals surface area contributed by atoms with E-state index in [0.717, 1.165) is 39.0 Å². The van der Waals surface area contributed by atoms with Gasteiger partial charge >= 0.3 is 0 Å². The Labute approximate surface area is 242 Å². The molecule has 196 valence electrons. The number of para-hydroxylation sites is 1. The highest BCUT2D eigenvalue weighted by atomic mass is 16.3. The molecule has 0 N–H and O–H groups in total. The number of furan rings is 1. The van der Waals surface area contributed by atoms with Crippen molar-refractivity contribution >= 4 is 82.1 Å². The third kappa shape index (κ3) is 3.39. The van der Waals surface area contributed by atoms with E-state index < -0.39 is 0 Å². The molecule has 9 rings (SSSR count). The molecule has 42 heavy (non-hydrogen) atoms. The zero-order chi connectivity index (χ0) is 27.6. The zero-order valence-electron chi connectivity index (χ0n) is 22.8. The molecule has 0 amide bonds. The summed E-state index contributed by atoms with van der Waals surface area (Å²) in [6.45, 7) is 0. The second kappa shape index (κ2) is 8.95. The van der Waals surface area contributed by atoms with Gasteiger partial charge in [0.1, 0.15) is 11.2 Å². The molecule has 0 spiro atoms. The summed E-state index contributed by atoms with van der Waals surface area (Å²) in [4.78, 5) is 2.45. The Morgan fingerprint density at radius 2 is 0.786 bits per heavy atom. The van der Waals surface area contributed by atoms with E-state index in [9.17, 15) is 0 Å². The molecule has 0 bridgehead atoms. The quantitative estimate of drug-likeness (QED) is 0.209. The molecule has 9 aromatic rings. The van der Waals surface area contributed by atoms with Crippen molar-refractivity contribution in [2.75, 3.05) is 4.90 Å². The maximum atomic E-state index is 6.24. The highest BCUT2D eigenvalue weighted by Gasteiger charge is 2.21. The van der Waals surface area contributed by atoms with Gasteiger partial charge in [-0.25, -0.2) is 0 Å². The first-order valence-electron chi connectivity index (χ1n) is 14.4. The first-order chi connectivity index (χ1) is 20.8. The normalized spacial score (nSPS) is 11.8. The Morgan fingerprint density at radius 3 is 1.38 bits per heavy atom. The standard InChI is InChI=1S/C40H25NO/c1-3-13-29-26(11-1)23-37(33-17-7-5-15-31(29)33)41(28-21-22-40-36(25-28)35-19-9-10-20-39(35)42-40)38-24-27-12-2-4-14-30(27)32-16-6-8-18-34(32)38/h1-25H. The van der Waals surface area contributed by atoms with E-state index in [0.29, 0.717) is 0 Å². The zero-order valence-corrected chi connectivity index (χ0v) is 22.8. The Bertz CT molecular complexity index is 2370. The lowest BCUT2D eigenvalue weighted by atomic mass is 9.96. The molecule has 0 radical (unpaired) electrons. The van der Waals surface area contributed by atoms with Crippen molar-refractivity contribution in [3.8, 4) is 0 Å². The number of hydrogen-bond donors (Lipinski definition) is 0. The van der Waals surface area contributed by atoms with Gasteiger partial charge in [0, 0.05) is 27.2 Å². The van der Waals surface area contributed by atoms with Crippen molar-refractivity contribution in [1.29, 1.82) is 0 Å². The number of nitrogens with zero attached hydrogens (tertiary/aromatic N) is 1. The molecule has 1 aromatic heterocycles. The predicted molar refractivity (Wildman–Crippen MR) is 178 cm³/mol. The van der Waals surface area contributed by atoms with Crippen molar-refractivity contribution in [2.24, 2.45) is 0 Å². The number of rotatable bonds is 3. The van der Waals surface area contributed by atoms with Crippen LogP contribution in [0.3, 0.4) is 0 Å². The molecule has 2 nitrogen and oxygen atoms in total. The maximum absolute atomic E-state index is 6.24. The van der Waals surface area contributed by atoms with Gasteiger partial charge in [-0.05, 0) is 68.7 Å². The first-order valence-corrected chi connectivity index (χ1v) is 14.4. The summed E-state index contributed by atoms with van der Waals surface area (Å²) in [5.41, 5.74) is 5.19. The van der Waals surface area contributed by atoms with E-state index in [-0.39, 0.29) is 0 Å². The second-order valence-corrected chi connectivity index (χ2v) is 10.9. The molecule has 0 aliphatic rings. The highest BCUT2D eigenvalue weighted by Crippen LogP contribution is 2.46. The third-order valence-corrected chi connectivity index (χ3v) is 8.59. The summed E-state index contributed by atoms with van der Waals surface area (Å²) >= 11 is 0. The van der Waals surface area contributed by atoms with Crippen LogP contribution in [0.4, 0.5) is 17.1 Å². The van der Waals surface area contributed by atoms with Gasteiger partial charge in [0.05, 0.1) is 11.4 Å². The fourth-order valence-corrected chi connectivity index (χ4v) is 6.70. The van der Waals surface area contributed by atoms with Gasteiger partial charge < -0.3 is 9.32 Å². The number of benzene rings is 8. The Hall–Kier alpha value is -5.60. The van der Waals surface area contributed by atoms with Crippen LogP contribution >= 0.6 is 0 Å². The van der Waals surface area contributed by atoms with Crippen molar-refractivity contribution in [2.45, 2.75) is 0 Å². The molecule has 0 aliphatic carbocycles. The van der Waals surface area contributed by atoms with E-state index in [1.165, 1.54) is 43.1 Å². The summed E-state index contributed by atoms with van der Waals surface area (Å²) in [6.07, 6.45) is 0. The molecule has 8 aromatic carbocycles. The molecule has 1 heterocycles. The van der Waals surface area contributed by atoms with Gasteiger partial charge in [0.25, 0.3) is 0 Å². The minimum absolute atomic E-state index is 0.895. The molecular formula is C40H25NO. The van der Waals surface area contributed by atoms with Gasteiger partial charge in [-0.2, -0.15) is 0 Å². The minimum Gasteiger partial charge on any atom is -0.456 e. The Balaban J connectivity index is 1.44. The number of anilines is 3. The summed E-state index contributed by atoms with van der Waals surface area (Å²) in [5, 5.41) is 12.1. The van der Waals surface area contributed by atoms with Crippen molar-refractivity contribution < 1.29 is 4.42 Å². The van der Waals surface area contributed by atoms with E-state index in [4.69, 9.17) is 4.42 Å². The Kier molecular flexibility index (Phi) is 4.93. The predicted octanol–water partition coefficient (Wildman–Crippen LogP) is 11.7. The minimum atomic E-state index is 0.895. The van der Waals surface area contributed by atoms with Crippen LogP contribution in [-0.2, 0) is 0 Å². The molecule has 2 heteroatoms. The molecule has 0 fully saturated rings. The van der Waals surface area contributed by atoms with Gasteiger partial charge in [0.15, 0.2) is 0 Å². The largest absolute Gasteiger partial charge is 0.456 e. The van der Waals surface area contributed by atoms with Crippen LogP contribution in [0, 0.1) is 0 Å². The van der Waals surface area contributed by atoms with Crippen LogP contribution in [0.5, 0.6) is 0 Å².